The molecule has 0 saturated carbocycles. The molecule has 0 aliphatic carbocycles. The first kappa shape index (κ1) is 19.5. The first-order valence-corrected chi connectivity index (χ1v) is 10.5. The minimum Gasteiger partial charge on any atom is -0.478 e. The van der Waals surface area contributed by atoms with Crippen LogP contribution in [0, 0.1) is 0 Å². The lowest BCUT2D eigenvalue weighted by Crippen LogP contribution is -2.36. The van der Waals surface area contributed by atoms with Gasteiger partial charge in [-0.25, -0.2) is 13.2 Å². The van der Waals surface area contributed by atoms with Crippen LogP contribution in [0.5, 0.6) is 0 Å². The molecule has 0 amide bonds. The van der Waals surface area contributed by atoms with Crippen LogP contribution in [0.1, 0.15) is 40.7 Å². The molecule has 1 aliphatic rings. The lowest BCUT2D eigenvalue weighted by Gasteiger charge is -2.26. The molecule has 0 spiro atoms. The van der Waals surface area contributed by atoms with Gasteiger partial charge in [-0.3, -0.25) is 0 Å². The smallest absolute Gasteiger partial charge is 0.335 e. The number of hydrogen-bond acceptors (Lipinski definition) is 4. The number of sulfonamides is 1. The molecule has 6 nitrogen and oxygen atoms in total. The minimum absolute atomic E-state index is 0.247. The standard InChI is InChI=1S/C20H24N2O4S/c23-20(24)17-10-8-16(9-11-17)14-21-15-18-6-2-3-7-19(18)27(25,26)22-12-4-1-5-13-22/h2-3,6-11,21H,1,4-5,12-15H2,(H,23,24). The van der Waals surface area contributed by atoms with Crippen molar-refractivity contribution in [3.8, 4) is 0 Å². The summed E-state index contributed by atoms with van der Waals surface area (Å²) in [5.74, 6) is -0.952. The quantitative estimate of drug-likeness (QED) is 0.762. The van der Waals surface area contributed by atoms with Crippen LogP contribution in [0.15, 0.2) is 53.4 Å². The predicted octanol–water partition coefficient (Wildman–Crippen LogP) is 2.85. The number of benzene rings is 2. The third-order valence-corrected chi connectivity index (χ3v) is 6.75. The van der Waals surface area contributed by atoms with Crippen LogP contribution in [-0.4, -0.2) is 36.9 Å². The number of aromatic carboxylic acids is 1. The molecule has 1 heterocycles. The van der Waals surface area contributed by atoms with Crippen LogP contribution in [-0.2, 0) is 23.1 Å². The SMILES string of the molecule is O=C(O)c1ccc(CNCc2ccccc2S(=O)(=O)N2CCCCC2)cc1. The maximum Gasteiger partial charge on any atom is 0.335 e. The molecule has 27 heavy (non-hydrogen) atoms. The lowest BCUT2D eigenvalue weighted by molar-refractivity contribution is 0.0697. The van der Waals surface area contributed by atoms with Crippen molar-refractivity contribution in [3.05, 3.63) is 65.2 Å². The number of nitrogens with one attached hydrogen (secondary N) is 1. The van der Waals surface area contributed by atoms with Gasteiger partial charge in [0.15, 0.2) is 0 Å². The molecule has 2 aromatic carbocycles. The van der Waals surface area contributed by atoms with E-state index in [0.29, 0.717) is 31.1 Å². The average molecular weight is 388 g/mol. The van der Waals surface area contributed by atoms with Crippen LogP contribution >= 0.6 is 0 Å². The molecule has 1 fully saturated rings. The zero-order valence-electron chi connectivity index (χ0n) is 15.1. The monoisotopic (exact) mass is 388 g/mol. The topological polar surface area (TPSA) is 86.7 Å². The molecular formula is C20H24N2O4S. The molecular weight excluding hydrogens is 364 g/mol. The highest BCUT2D eigenvalue weighted by molar-refractivity contribution is 7.89. The Morgan fingerprint density at radius 3 is 2.30 bits per heavy atom. The number of hydrogen-bond donors (Lipinski definition) is 2. The number of rotatable bonds is 7. The van der Waals surface area contributed by atoms with Crippen molar-refractivity contribution in [1.29, 1.82) is 0 Å². The van der Waals surface area contributed by atoms with Crippen molar-refractivity contribution in [2.75, 3.05) is 13.1 Å². The van der Waals surface area contributed by atoms with Gasteiger partial charge in [-0.05, 0) is 42.2 Å². The summed E-state index contributed by atoms with van der Waals surface area (Å²) in [7, 11) is -3.47. The van der Waals surface area contributed by atoms with Gasteiger partial charge in [-0.2, -0.15) is 4.31 Å². The van der Waals surface area contributed by atoms with E-state index < -0.39 is 16.0 Å². The second kappa shape index (κ2) is 8.65. The van der Waals surface area contributed by atoms with Crippen LogP contribution in [0.2, 0.25) is 0 Å². The van der Waals surface area contributed by atoms with Crippen molar-refractivity contribution in [1.82, 2.24) is 9.62 Å². The molecule has 1 aliphatic heterocycles. The highest BCUT2D eigenvalue weighted by Gasteiger charge is 2.27. The van der Waals surface area contributed by atoms with Gasteiger partial charge in [0.05, 0.1) is 10.5 Å². The summed E-state index contributed by atoms with van der Waals surface area (Å²) in [6.07, 6.45) is 2.90. The second-order valence-electron chi connectivity index (χ2n) is 6.68. The molecule has 7 heteroatoms. The van der Waals surface area contributed by atoms with E-state index in [1.54, 1.807) is 40.7 Å². The van der Waals surface area contributed by atoms with E-state index in [2.05, 4.69) is 5.32 Å². The molecule has 0 atom stereocenters. The first-order chi connectivity index (χ1) is 13.0. The fourth-order valence-corrected chi connectivity index (χ4v) is 4.99. The zero-order chi connectivity index (χ0) is 19.3. The summed E-state index contributed by atoms with van der Waals surface area (Å²) in [4.78, 5) is 11.3. The Morgan fingerprint density at radius 2 is 1.63 bits per heavy atom. The highest BCUT2D eigenvalue weighted by atomic mass is 32.2. The lowest BCUT2D eigenvalue weighted by atomic mass is 10.1. The van der Waals surface area contributed by atoms with E-state index in [-0.39, 0.29) is 5.56 Å². The summed E-state index contributed by atoms with van der Waals surface area (Å²) >= 11 is 0. The van der Waals surface area contributed by atoms with Crippen molar-refractivity contribution >= 4 is 16.0 Å². The Kier molecular flexibility index (Phi) is 6.26. The molecule has 1 saturated heterocycles. The van der Waals surface area contributed by atoms with Gasteiger partial charge in [0.25, 0.3) is 0 Å². The summed E-state index contributed by atoms with van der Waals surface area (Å²) in [5.41, 5.74) is 1.93. The largest absolute Gasteiger partial charge is 0.478 e. The van der Waals surface area contributed by atoms with E-state index in [1.165, 1.54) is 0 Å². The van der Waals surface area contributed by atoms with Crippen molar-refractivity contribution in [2.45, 2.75) is 37.2 Å². The maximum absolute atomic E-state index is 13.0. The minimum atomic E-state index is -3.47. The van der Waals surface area contributed by atoms with Gasteiger partial charge in [-0.15, -0.1) is 0 Å². The summed E-state index contributed by atoms with van der Waals surface area (Å²) in [5, 5.41) is 12.2. The molecule has 0 radical (unpaired) electrons. The zero-order valence-corrected chi connectivity index (χ0v) is 15.9. The van der Waals surface area contributed by atoms with Crippen molar-refractivity contribution in [2.24, 2.45) is 0 Å². The fourth-order valence-electron chi connectivity index (χ4n) is 3.25. The van der Waals surface area contributed by atoms with Gasteiger partial charge < -0.3 is 10.4 Å². The van der Waals surface area contributed by atoms with Crippen LogP contribution in [0.25, 0.3) is 0 Å². The van der Waals surface area contributed by atoms with E-state index in [1.807, 2.05) is 12.1 Å². The Balaban J connectivity index is 1.68. The Morgan fingerprint density at radius 1 is 0.963 bits per heavy atom. The van der Waals surface area contributed by atoms with Gasteiger partial charge in [0.1, 0.15) is 0 Å². The number of carboxylic acids is 1. The Labute approximate surface area is 159 Å². The molecule has 0 bridgehead atoms. The third kappa shape index (κ3) is 4.74. The van der Waals surface area contributed by atoms with Gasteiger partial charge in [-0.1, -0.05) is 36.8 Å². The number of nitrogens with zero attached hydrogens (tertiary/aromatic N) is 1. The Bertz CT molecular complexity index is 888. The van der Waals surface area contributed by atoms with Gasteiger partial charge in [0.2, 0.25) is 10.0 Å². The third-order valence-electron chi connectivity index (χ3n) is 4.75. The molecule has 0 unspecified atom stereocenters. The number of piperidine rings is 1. The first-order valence-electron chi connectivity index (χ1n) is 9.09. The van der Waals surface area contributed by atoms with Gasteiger partial charge in [0, 0.05) is 26.2 Å². The Hall–Kier alpha value is -2.22. The summed E-state index contributed by atoms with van der Waals surface area (Å²) < 4.78 is 27.6. The predicted molar refractivity (Wildman–Crippen MR) is 103 cm³/mol. The van der Waals surface area contributed by atoms with Crippen molar-refractivity contribution < 1.29 is 18.3 Å². The number of carboxylic acid groups (broad SMARTS) is 1. The number of carbonyl (C=O) groups is 1. The van der Waals surface area contributed by atoms with Crippen LogP contribution < -0.4 is 5.32 Å². The van der Waals surface area contributed by atoms with E-state index in [0.717, 1.165) is 30.4 Å². The van der Waals surface area contributed by atoms with Crippen molar-refractivity contribution in [3.63, 3.8) is 0 Å². The van der Waals surface area contributed by atoms with Crippen LogP contribution in [0.4, 0.5) is 0 Å². The molecule has 2 N–H and O–H groups in total. The molecule has 3 rings (SSSR count). The highest BCUT2D eigenvalue weighted by Crippen LogP contribution is 2.23. The van der Waals surface area contributed by atoms with E-state index in [9.17, 15) is 13.2 Å². The average Bonchev–Trinajstić information content (AvgIpc) is 2.69. The maximum atomic E-state index is 13.0. The van der Waals surface area contributed by atoms with E-state index in [4.69, 9.17) is 5.11 Å². The second-order valence-corrected chi connectivity index (χ2v) is 8.58. The van der Waals surface area contributed by atoms with Crippen LogP contribution in [0.3, 0.4) is 0 Å². The van der Waals surface area contributed by atoms with Gasteiger partial charge >= 0.3 is 5.97 Å². The normalized spacial score (nSPS) is 15.6. The molecule has 2 aromatic rings. The summed E-state index contributed by atoms with van der Waals surface area (Å²) in [6, 6.07) is 13.7. The van der Waals surface area contributed by atoms with E-state index >= 15 is 0 Å². The summed E-state index contributed by atoms with van der Waals surface area (Å²) in [6.45, 7) is 2.11. The molecule has 0 aromatic heterocycles. The molecule has 144 valence electrons. The fraction of sp³-hybridized carbons (Fsp3) is 0.350.